The highest BCUT2D eigenvalue weighted by Crippen LogP contribution is 2.30. The summed E-state index contributed by atoms with van der Waals surface area (Å²) in [5.41, 5.74) is 0. The van der Waals surface area contributed by atoms with Gasteiger partial charge in [-0.15, -0.1) is 21.5 Å². The normalized spacial score (nSPS) is 21.4. The molecule has 0 saturated carbocycles. The third-order valence-electron chi connectivity index (χ3n) is 3.29. The number of nitrogens with zero attached hydrogens (tertiary/aromatic N) is 2. The molecule has 8 heteroatoms. The monoisotopic (exact) mass is 319 g/mol. The summed E-state index contributed by atoms with van der Waals surface area (Å²) in [4.78, 5) is 0. The molecular weight excluding hydrogens is 298 g/mol. The highest BCUT2D eigenvalue weighted by molar-refractivity contribution is 7.91. The Bertz CT molecular complexity index is 516. The van der Waals surface area contributed by atoms with Gasteiger partial charge in [0.05, 0.1) is 18.1 Å². The molecule has 20 heavy (non-hydrogen) atoms. The minimum atomic E-state index is -2.85. The SMILES string of the molecule is COCCNCCCc1nnc(C2CCS(=O)(=O)C2)s1. The van der Waals surface area contributed by atoms with E-state index in [9.17, 15) is 8.42 Å². The second kappa shape index (κ2) is 7.44. The van der Waals surface area contributed by atoms with Crippen LogP contribution in [0.3, 0.4) is 0 Å². The van der Waals surface area contributed by atoms with Crippen LogP contribution >= 0.6 is 11.3 Å². The van der Waals surface area contributed by atoms with Crippen LogP contribution in [0.5, 0.6) is 0 Å². The molecule has 0 bridgehead atoms. The molecule has 1 aromatic rings. The first kappa shape index (κ1) is 15.8. The quantitative estimate of drug-likeness (QED) is 0.707. The summed E-state index contributed by atoms with van der Waals surface area (Å²) in [5.74, 6) is 0.585. The van der Waals surface area contributed by atoms with E-state index in [-0.39, 0.29) is 17.4 Å². The minimum Gasteiger partial charge on any atom is -0.383 e. The van der Waals surface area contributed by atoms with Crippen LogP contribution in [0.1, 0.15) is 28.8 Å². The van der Waals surface area contributed by atoms with Crippen molar-refractivity contribution in [3.8, 4) is 0 Å². The van der Waals surface area contributed by atoms with E-state index >= 15 is 0 Å². The van der Waals surface area contributed by atoms with Crippen LogP contribution in [-0.4, -0.2) is 56.9 Å². The highest BCUT2D eigenvalue weighted by Gasteiger charge is 2.31. The maximum atomic E-state index is 11.5. The molecule has 2 rings (SSSR count). The van der Waals surface area contributed by atoms with Gasteiger partial charge in [0.2, 0.25) is 0 Å². The van der Waals surface area contributed by atoms with Gasteiger partial charge in [-0.25, -0.2) is 8.42 Å². The Morgan fingerprint density at radius 2 is 2.25 bits per heavy atom. The van der Waals surface area contributed by atoms with E-state index in [4.69, 9.17) is 4.74 Å². The topological polar surface area (TPSA) is 81.2 Å². The second-order valence-electron chi connectivity index (χ2n) is 4.98. The fourth-order valence-electron chi connectivity index (χ4n) is 2.19. The number of sulfone groups is 1. The van der Waals surface area contributed by atoms with Crippen molar-refractivity contribution in [3.63, 3.8) is 0 Å². The Labute approximate surface area is 123 Å². The van der Waals surface area contributed by atoms with Gasteiger partial charge < -0.3 is 10.1 Å². The Hall–Kier alpha value is -0.570. The minimum absolute atomic E-state index is 0.0612. The van der Waals surface area contributed by atoms with Crippen molar-refractivity contribution in [2.45, 2.75) is 25.2 Å². The van der Waals surface area contributed by atoms with Crippen molar-refractivity contribution in [1.29, 1.82) is 0 Å². The van der Waals surface area contributed by atoms with E-state index in [0.717, 1.165) is 42.6 Å². The van der Waals surface area contributed by atoms with Crippen molar-refractivity contribution in [3.05, 3.63) is 10.0 Å². The van der Waals surface area contributed by atoms with Gasteiger partial charge in [-0.2, -0.15) is 0 Å². The molecule has 0 aliphatic carbocycles. The number of methoxy groups -OCH3 is 1. The molecule has 0 spiro atoms. The molecular formula is C12H21N3O3S2. The predicted octanol–water partition coefficient (Wildman–Crippen LogP) is 0.609. The summed E-state index contributed by atoms with van der Waals surface area (Å²) in [6.07, 6.45) is 2.58. The van der Waals surface area contributed by atoms with Gasteiger partial charge in [0, 0.05) is 26.0 Å². The summed E-state index contributed by atoms with van der Waals surface area (Å²) in [6.45, 7) is 2.51. The van der Waals surface area contributed by atoms with Crippen LogP contribution in [0.25, 0.3) is 0 Å². The molecule has 1 aliphatic rings. The molecule has 6 nitrogen and oxygen atoms in total. The van der Waals surface area contributed by atoms with Gasteiger partial charge in [-0.1, -0.05) is 0 Å². The summed E-state index contributed by atoms with van der Waals surface area (Å²) >= 11 is 1.56. The highest BCUT2D eigenvalue weighted by atomic mass is 32.2. The first-order valence-electron chi connectivity index (χ1n) is 6.83. The summed E-state index contributed by atoms with van der Waals surface area (Å²) in [6, 6.07) is 0. The molecule has 1 atom stereocenters. The smallest absolute Gasteiger partial charge is 0.151 e. The molecule has 0 aromatic carbocycles. The van der Waals surface area contributed by atoms with Gasteiger partial charge in [0.25, 0.3) is 0 Å². The number of aromatic nitrogens is 2. The maximum Gasteiger partial charge on any atom is 0.151 e. The van der Waals surface area contributed by atoms with Crippen molar-refractivity contribution in [2.24, 2.45) is 0 Å². The molecule has 2 heterocycles. The number of ether oxygens (including phenoxy) is 1. The van der Waals surface area contributed by atoms with E-state index in [1.807, 2.05) is 0 Å². The number of aryl methyl sites for hydroxylation is 1. The molecule has 114 valence electrons. The zero-order valence-electron chi connectivity index (χ0n) is 11.7. The molecule has 0 radical (unpaired) electrons. The van der Waals surface area contributed by atoms with Crippen LogP contribution < -0.4 is 5.32 Å². The Morgan fingerprint density at radius 3 is 2.95 bits per heavy atom. The number of hydrogen-bond acceptors (Lipinski definition) is 7. The molecule has 1 fully saturated rings. The Kier molecular flexibility index (Phi) is 5.88. The molecule has 1 saturated heterocycles. The first-order chi connectivity index (χ1) is 9.61. The lowest BCUT2D eigenvalue weighted by atomic mass is 10.1. The molecule has 1 unspecified atom stereocenters. The Morgan fingerprint density at radius 1 is 1.40 bits per heavy atom. The van der Waals surface area contributed by atoms with E-state index in [1.54, 1.807) is 18.4 Å². The van der Waals surface area contributed by atoms with Crippen molar-refractivity contribution in [1.82, 2.24) is 15.5 Å². The summed E-state index contributed by atoms with van der Waals surface area (Å²) in [5, 5.41) is 13.5. The predicted molar refractivity (Wildman–Crippen MR) is 79.0 cm³/mol. The van der Waals surface area contributed by atoms with Crippen molar-refractivity contribution < 1.29 is 13.2 Å². The molecule has 1 aromatic heterocycles. The van der Waals surface area contributed by atoms with Crippen LogP contribution in [0.15, 0.2) is 0 Å². The van der Waals surface area contributed by atoms with Gasteiger partial charge in [-0.05, 0) is 19.4 Å². The van der Waals surface area contributed by atoms with Gasteiger partial charge >= 0.3 is 0 Å². The zero-order valence-corrected chi connectivity index (χ0v) is 13.3. The van der Waals surface area contributed by atoms with Crippen LogP contribution in [0.2, 0.25) is 0 Å². The zero-order chi connectivity index (χ0) is 14.4. The second-order valence-corrected chi connectivity index (χ2v) is 8.30. The van der Waals surface area contributed by atoms with E-state index in [0.29, 0.717) is 6.42 Å². The van der Waals surface area contributed by atoms with Crippen molar-refractivity contribution in [2.75, 3.05) is 38.3 Å². The van der Waals surface area contributed by atoms with Crippen LogP contribution in [-0.2, 0) is 21.0 Å². The largest absolute Gasteiger partial charge is 0.383 e. The fourth-order valence-corrected chi connectivity index (χ4v) is 5.06. The standard InChI is InChI=1S/C12H21N3O3S2/c1-18-7-6-13-5-2-3-11-14-15-12(19-11)10-4-8-20(16,17)9-10/h10,13H,2-9H2,1H3. The average Bonchev–Trinajstić information content (AvgIpc) is 3.00. The van der Waals surface area contributed by atoms with Crippen LogP contribution in [0, 0.1) is 0 Å². The van der Waals surface area contributed by atoms with Gasteiger partial charge in [0.1, 0.15) is 10.0 Å². The molecule has 1 N–H and O–H groups in total. The maximum absolute atomic E-state index is 11.5. The van der Waals surface area contributed by atoms with Crippen molar-refractivity contribution >= 4 is 21.2 Å². The van der Waals surface area contributed by atoms with E-state index in [1.165, 1.54) is 0 Å². The fraction of sp³-hybridized carbons (Fsp3) is 0.833. The number of nitrogens with one attached hydrogen (secondary N) is 1. The Balaban J connectivity index is 1.73. The van der Waals surface area contributed by atoms with Gasteiger partial charge in [0.15, 0.2) is 9.84 Å². The summed E-state index contributed by atoms with van der Waals surface area (Å²) in [7, 11) is -1.16. The van der Waals surface area contributed by atoms with Crippen LogP contribution in [0.4, 0.5) is 0 Å². The third kappa shape index (κ3) is 4.76. The lowest BCUT2D eigenvalue weighted by molar-refractivity contribution is 0.199. The molecule has 1 aliphatic heterocycles. The lowest BCUT2D eigenvalue weighted by Gasteiger charge is -2.02. The summed E-state index contributed by atoms with van der Waals surface area (Å²) < 4.78 is 27.9. The third-order valence-corrected chi connectivity index (χ3v) is 6.20. The van der Waals surface area contributed by atoms with Gasteiger partial charge in [-0.3, -0.25) is 0 Å². The lowest BCUT2D eigenvalue weighted by Crippen LogP contribution is -2.20. The molecule has 0 amide bonds. The number of rotatable bonds is 8. The number of hydrogen-bond donors (Lipinski definition) is 1. The van der Waals surface area contributed by atoms with E-state index < -0.39 is 9.84 Å². The average molecular weight is 319 g/mol. The first-order valence-corrected chi connectivity index (χ1v) is 9.47. The van der Waals surface area contributed by atoms with E-state index in [2.05, 4.69) is 15.5 Å².